The lowest BCUT2D eigenvalue weighted by Crippen LogP contribution is -2.30. The first-order chi connectivity index (χ1) is 19.1. The fraction of sp³-hybridized carbons (Fsp3) is 0.833. The molecule has 0 fully saturated rings. The van der Waals surface area contributed by atoms with Crippen molar-refractivity contribution >= 4 is 11.7 Å². The number of ketones is 1. The van der Waals surface area contributed by atoms with Crippen molar-refractivity contribution in [1.82, 2.24) is 0 Å². The maximum atomic E-state index is 12.6. The minimum Gasteiger partial charge on any atom is -0.369 e. The zero-order valence-corrected chi connectivity index (χ0v) is 26.4. The molecule has 0 radical (unpaired) electrons. The van der Waals surface area contributed by atoms with Crippen LogP contribution in [-0.4, -0.2) is 11.7 Å². The summed E-state index contributed by atoms with van der Waals surface area (Å²) >= 11 is 0. The normalized spacial score (nSPS) is 12.6. The molecule has 1 atom stereocenters. The third-order valence-electron chi connectivity index (χ3n) is 7.92. The topological polar surface area (TPSA) is 60.2 Å². The summed E-state index contributed by atoms with van der Waals surface area (Å²) in [5.74, 6) is -0.929. The van der Waals surface area contributed by atoms with Gasteiger partial charge in [-0.2, -0.15) is 0 Å². The van der Waals surface area contributed by atoms with Gasteiger partial charge in [-0.05, 0) is 64.2 Å². The molecule has 1 unspecified atom stereocenters. The second-order valence-electron chi connectivity index (χ2n) is 11.8. The number of nitrogens with two attached hydrogens (primary N) is 1. The molecule has 0 aromatic rings. The zero-order valence-electron chi connectivity index (χ0n) is 26.4. The summed E-state index contributed by atoms with van der Waals surface area (Å²) in [7, 11) is 0. The van der Waals surface area contributed by atoms with Gasteiger partial charge in [0.25, 0.3) is 0 Å². The van der Waals surface area contributed by atoms with Crippen LogP contribution in [0.3, 0.4) is 0 Å². The SMILES string of the molecule is CCCCCCCC/C=C\CCCCCCCC(=O)C(CCCCCC/C=C\CCCCCCCC)C(N)=O. The molecule has 2 N–H and O–H groups in total. The third kappa shape index (κ3) is 28.0. The van der Waals surface area contributed by atoms with E-state index in [0.717, 1.165) is 38.5 Å². The van der Waals surface area contributed by atoms with E-state index in [0.29, 0.717) is 12.8 Å². The molecule has 0 saturated carbocycles. The number of Topliss-reactive ketones (excluding diaryl/α,β-unsaturated/α-hetero) is 1. The number of carbonyl (C=O) groups excluding carboxylic acids is 2. The van der Waals surface area contributed by atoms with E-state index in [1.54, 1.807) is 0 Å². The molecule has 0 bridgehead atoms. The molecule has 0 aliphatic heterocycles. The quantitative estimate of drug-likeness (QED) is 0.0535. The lowest BCUT2D eigenvalue weighted by atomic mass is 9.92. The van der Waals surface area contributed by atoms with Crippen molar-refractivity contribution in [3.63, 3.8) is 0 Å². The van der Waals surface area contributed by atoms with E-state index < -0.39 is 11.8 Å². The van der Waals surface area contributed by atoms with Crippen LogP contribution in [0, 0.1) is 5.92 Å². The molecule has 39 heavy (non-hydrogen) atoms. The summed E-state index contributed by atoms with van der Waals surface area (Å²) in [4.78, 5) is 24.4. The van der Waals surface area contributed by atoms with Gasteiger partial charge >= 0.3 is 0 Å². The van der Waals surface area contributed by atoms with E-state index in [1.165, 1.54) is 122 Å². The molecule has 0 spiro atoms. The van der Waals surface area contributed by atoms with Gasteiger partial charge < -0.3 is 5.73 Å². The Balaban J connectivity index is 3.64. The van der Waals surface area contributed by atoms with Crippen molar-refractivity contribution in [3.05, 3.63) is 24.3 Å². The predicted octanol–water partition coefficient (Wildman–Crippen LogP) is 11.3. The number of rotatable bonds is 31. The van der Waals surface area contributed by atoms with Crippen molar-refractivity contribution in [2.24, 2.45) is 11.7 Å². The summed E-state index contributed by atoms with van der Waals surface area (Å²) in [6.07, 6.45) is 41.6. The smallest absolute Gasteiger partial charge is 0.227 e. The minimum atomic E-state index is -0.570. The maximum Gasteiger partial charge on any atom is 0.227 e. The van der Waals surface area contributed by atoms with Crippen LogP contribution in [0.2, 0.25) is 0 Å². The number of unbranched alkanes of at least 4 members (excludes halogenated alkanes) is 21. The third-order valence-corrected chi connectivity index (χ3v) is 7.92. The van der Waals surface area contributed by atoms with E-state index in [1.807, 2.05) is 0 Å². The van der Waals surface area contributed by atoms with E-state index >= 15 is 0 Å². The molecule has 3 nitrogen and oxygen atoms in total. The van der Waals surface area contributed by atoms with Crippen LogP contribution in [0.25, 0.3) is 0 Å². The van der Waals surface area contributed by atoms with Gasteiger partial charge in [0.15, 0.2) is 0 Å². The van der Waals surface area contributed by atoms with Gasteiger partial charge in [0.05, 0.1) is 5.92 Å². The monoisotopic (exact) mass is 546 g/mol. The predicted molar refractivity (Wildman–Crippen MR) is 172 cm³/mol. The Morgan fingerprint density at radius 3 is 1.21 bits per heavy atom. The first-order valence-electron chi connectivity index (χ1n) is 17.2. The summed E-state index contributed by atoms with van der Waals surface area (Å²) in [5.41, 5.74) is 5.57. The fourth-order valence-electron chi connectivity index (χ4n) is 5.25. The molecule has 3 heteroatoms. The summed E-state index contributed by atoms with van der Waals surface area (Å²) < 4.78 is 0. The standard InChI is InChI=1S/C36H67NO2/c1-3-5-7-9-11-13-15-17-19-21-23-25-27-29-31-33-35(38)34(36(37)39)32-30-28-26-24-22-20-18-16-14-12-10-8-6-4-2/h17-20,34H,3-16,21-33H2,1-2H3,(H2,37,39)/b19-17-,20-18-. The number of amides is 1. The summed E-state index contributed by atoms with van der Waals surface area (Å²) in [5, 5.41) is 0. The molecular formula is C36H67NO2. The molecule has 0 aliphatic rings. The van der Waals surface area contributed by atoms with Crippen LogP contribution in [-0.2, 0) is 9.59 Å². The van der Waals surface area contributed by atoms with Gasteiger partial charge in [-0.15, -0.1) is 0 Å². The van der Waals surface area contributed by atoms with Crippen molar-refractivity contribution in [2.45, 2.75) is 187 Å². The Bertz CT molecular complexity index is 595. The highest BCUT2D eigenvalue weighted by atomic mass is 16.2. The fourth-order valence-corrected chi connectivity index (χ4v) is 5.25. The number of primary amides is 1. The Kier molecular flexibility index (Phi) is 30.0. The molecular weight excluding hydrogens is 478 g/mol. The van der Waals surface area contributed by atoms with Crippen LogP contribution in [0.4, 0.5) is 0 Å². The highest BCUT2D eigenvalue weighted by Crippen LogP contribution is 2.17. The highest BCUT2D eigenvalue weighted by Gasteiger charge is 2.22. The average Bonchev–Trinajstić information content (AvgIpc) is 2.92. The largest absolute Gasteiger partial charge is 0.369 e. The van der Waals surface area contributed by atoms with Crippen LogP contribution < -0.4 is 5.73 Å². The van der Waals surface area contributed by atoms with E-state index in [9.17, 15) is 9.59 Å². The van der Waals surface area contributed by atoms with E-state index in [-0.39, 0.29) is 5.78 Å². The van der Waals surface area contributed by atoms with Gasteiger partial charge in [-0.25, -0.2) is 0 Å². The minimum absolute atomic E-state index is 0.0674. The zero-order chi connectivity index (χ0) is 28.7. The van der Waals surface area contributed by atoms with Crippen molar-refractivity contribution in [3.8, 4) is 0 Å². The number of carbonyl (C=O) groups is 2. The molecule has 0 heterocycles. The van der Waals surface area contributed by atoms with Crippen LogP contribution in [0.1, 0.15) is 187 Å². The van der Waals surface area contributed by atoms with Crippen LogP contribution >= 0.6 is 0 Å². The Morgan fingerprint density at radius 1 is 0.487 bits per heavy atom. The first-order valence-corrected chi connectivity index (χ1v) is 17.2. The second-order valence-corrected chi connectivity index (χ2v) is 11.8. The number of hydrogen-bond acceptors (Lipinski definition) is 2. The molecule has 0 aliphatic carbocycles. The van der Waals surface area contributed by atoms with Crippen LogP contribution in [0.15, 0.2) is 24.3 Å². The lowest BCUT2D eigenvalue weighted by Gasteiger charge is -2.12. The molecule has 1 amide bonds. The summed E-state index contributed by atoms with van der Waals surface area (Å²) in [6, 6.07) is 0. The summed E-state index contributed by atoms with van der Waals surface area (Å²) in [6.45, 7) is 4.53. The Morgan fingerprint density at radius 2 is 0.821 bits per heavy atom. The first kappa shape index (κ1) is 37.6. The van der Waals surface area contributed by atoms with E-state index in [2.05, 4.69) is 38.2 Å². The molecule has 228 valence electrons. The van der Waals surface area contributed by atoms with Gasteiger partial charge in [-0.3, -0.25) is 9.59 Å². The van der Waals surface area contributed by atoms with Crippen molar-refractivity contribution < 1.29 is 9.59 Å². The van der Waals surface area contributed by atoms with Gasteiger partial charge in [0.1, 0.15) is 5.78 Å². The van der Waals surface area contributed by atoms with Crippen molar-refractivity contribution in [1.29, 1.82) is 0 Å². The molecule has 0 rings (SSSR count). The Labute approximate surface area is 244 Å². The number of hydrogen-bond donors (Lipinski definition) is 1. The highest BCUT2D eigenvalue weighted by molar-refractivity contribution is 6.00. The average molecular weight is 546 g/mol. The lowest BCUT2D eigenvalue weighted by molar-refractivity contribution is -0.132. The van der Waals surface area contributed by atoms with Crippen molar-refractivity contribution in [2.75, 3.05) is 0 Å². The van der Waals surface area contributed by atoms with Gasteiger partial charge in [0.2, 0.25) is 5.91 Å². The van der Waals surface area contributed by atoms with E-state index in [4.69, 9.17) is 5.73 Å². The molecule has 0 aromatic heterocycles. The molecule has 0 aromatic carbocycles. The maximum absolute atomic E-state index is 12.6. The van der Waals surface area contributed by atoms with Crippen LogP contribution in [0.5, 0.6) is 0 Å². The molecule has 0 saturated heterocycles. The number of allylic oxidation sites excluding steroid dienone is 4. The second kappa shape index (κ2) is 31.2. The van der Waals surface area contributed by atoms with Gasteiger partial charge in [0, 0.05) is 6.42 Å². The Hall–Kier alpha value is -1.38. The van der Waals surface area contributed by atoms with Gasteiger partial charge in [-0.1, -0.05) is 141 Å².